The van der Waals surface area contributed by atoms with E-state index >= 15 is 0 Å². The molecule has 2 atom stereocenters. The Morgan fingerprint density at radius 3 is 1.96 bits per heavy atom. The lowest BCUT2D eigenvalue weighted by Crippen LogP contribution is -2.22. The average molecular weight is 703 g/mol. The lowest BCUT2D eigenvalue weighted by molar-refractivity contribution is 0.620. The van der Waals surface area contributed by atoms with E-state index in [0.29, 0.717) is 5.92 Å². The molecule has 3 aliphatic rings. The van der Waals surface area contributed by atoms with Gasteiger partial charge in [-0.3, -0.25) is 0 Å². The Labute approximate surface area is 323 Å². The standard InChI is InChI=1S/C55H42/c1-35-21-30-44(46-16-6-5-14-43(35)46)37-22-25-38(26-23-37)52-47-17-7-9-19-49(47)54(50-20-10-8-18-48(50)52)55(2)31-11-13-42(34-55)39-27-28-40-32-41-29-24-36-12-3-4-15-45(36)53(41)51(40)33-39/h3-20,22-31,33,35H,21,32,34H2,1-2H3. The second kappa shape index (κ2) is 12.4. The van der Waals surface area contributed by atoms with Crippen molar-refractivity contribution in [1.82, 2.24) is 0 Å². The largest absolute Gasteiger partial charge is 0.0755 e. The lowest BCUT2D eigenvalue weighted by atomic mass is 9.69. The highest BCUT2D eigenvalue weighted by molar-refractivity contribution is 6.16. The molecule has 8 aromatic carbocycles. The van der Waals surface area contributed by atoms with Gasteiger partial charge in [0.15, 0.2) is 0 Å². The van der Waals surface area contributed by atoms with Crippen LogP contribution in [0.3, 0.4) is 0 Å². The fourth-order valence-electron chi connectivity index (χ4n) is 10.3. The van der Waals surface area contributed by atoms with Crippen molar-refractivity contribution in [1.29, 1.82) is 0 Å². The minimum atomic E-state index is -0.201. The monoisotopic (exact) mass is 702 g/mol. The van der Waals surface area contributed by atoms with Gasteiger partial charge >= 0.3 is 0 Å². The maximum Gasteiger partial charge on any atom is 0.0159 e. The zero-order valence-electron chi connectivity index (χ0n) is 31.4. The van der Waals surface area contributed by atoms with Crippen LogP contribution in [-0.4, -0.2) is 0 Å². The van der Waals surface area contributed by atoms with Gasteiger partial charge in [-0.15, -0.1) is 0 Å². The van der Waals surface area contributed by atoms with E-state index in [-0.39, 0.29) is 5.41 Å². The zero-order chi connectivity index (χ0) is 36.7. The average Bonchev–Trinajstić information content (AvgIpc) is 3.62. The third-order valence-electron chi connectivity index (χ3n) is 12.9. The third kappa shape index (κ3) is 5.05. The van der Waals surface area contributed by atoms with Crippen LogP contribution in [0.25, 0.3) is 65.7 Å². The maximum absolute atomic E-state index is 2.48. The molecule has 0 aliphatic heterocycles. The molecule has 3 aliphatic carbocycles. The predicted molar refractivity (Wildman–Crippen MR) is 235 cm³/mol. The molecule has 262 valence electrons. The molecule has 0 heteroatoms. The Bertz CT molecular complexity index is 2910. The van der Waals surface area contributed by atoms with Gasteiger partial charge in [-0.1, -0.05) is 184 Å². The number of allylic oxidation sites excluding steroid dienone is 5. The summed E-state index contributed by atoms with van der Waals surface area (Å²) in [4.78, 5) is 0. The van der Waals surface area contributed by atoms with E-state index in [1.807, 2.05) is 0 Å². The molecular formula is C55H42. The SMILES string of the molecule is CC1CC=C(c2ccc(-c3c4ccccc4c(C4(C)C=CC=C(c5ccc6c(c5)-c5c(ccc7ccccc57)C6)C4)c4ccccc34)cc2)c2ccccc21. The summed E-state index contributed by atoms with van der Waals surface area (Å²) >= 11 is 0. The quantitative estimate of drug-likeness (QED) is 0.160. The lowest BCUT2D eigenvalue weighted by Gasteiger charge is -2.34. The first-order valence-electron chi connectivity index (χ1n) is 19.9. The van der Waals surface area contributed by atoms with Crippen molar-refractivity contribution in [2.75, 3.05) is 0 Å². The van der Waals surface area contributed by atoms with Gasteiger partial charge in [0.25, 0.3) is 0 Å². The Morgan fingerprint density at radius 1 is 0.545 bits per heavy atom. The minimum Gasteiger partial charge on any atom is -0.0755 e. The van der Waals surface area contributed by atoms with E-state index in [9.17, 15) is 0 Å². The molecule has 0 nitrogen and oxygen atoms in total. The molecule has 0 aromatic heterocycles. The second-order valence-electron chi connectivity index (χ2n) is 16.3. The summed E-state index contributed by atoms with van der Waals surface area (Å²) in [6.45, 7) is 4.79. The summed E-state index contributed by atoms with van der Waals surface area (Å²) < 4.78 is 0. The number of hydrogen-bond donors (Lipinski definition) is 0. The van der Waals surface area contributed by atoms with Crippen molar-refractivity contribution in [3.63, 3.8) is 0 Å². The highest BCUT2D eigenvalue weighted by Crippen LogP contribution is 2.50. The van der Waals surface area contributed by atoms with Crippen LogP contribution in [0, 0.1) is 0 Å². The fraction of sp³-hybridized carbons (Fsp3) is 0.127. The van der Waals surface area contributed by atoms with Crippen LogP contribution in [-0.2, 0) is 11.8 Å². The van der Waals surface area contributed by atoms with Crippen molar-refractivity contribution in [2.45, 2.75) is 44.4 Å². The van der Waals surface area contributed by atoms with Gasteiger partial charge in [0.1, 0.15) is 0 Å². The number of fused-ring (bicyclic) bond motifs is 8. The van der Waals surface area contributed by atoms with E-state index in [1.54, 1.807) is 0 Å². The summed E-state index contributed by atoms with van der Waals surface area (Å²) in [5, 5.41) is 7.96. The van der Waals surface area contributed by atoms with Crippen LogP contribution >= 0.6 is 0 Å². The summed E-state index contributed by atoms with van der Waals surface area (Å²) in [5.41, 5.74) is 17.6. The van der Waals surface area contributed by atoms with Crippen molar-refractivity contribution in [3.8, 4) is 22.3 Å². The van der Waals surface area contributed by atoms with Crippen LogP contribution in [0.15, 0.2) is 176 Å². The predicted octanol–water partition coefficient (Wildman–Crippen LogP) is 14.6. The van der Waals surface area contributed by atoms with Gasteiger partial charge in [0.2, 0.25) is 0 Å². The number of hydrogen-bond acceptors (Lipinski definition) is 0. The highest BCUT2D eigenvalue weighted by atomic mass is 14.4. The highest BCUT2D eigenvalue weighted by Gasteiger charge is 2.33. The van der Waals surface area contributed by atoms with Crippen LogP contribution in [0.2, 0.25) is 0 Å². The van der Waals surface area contributed by atoms with E-state index in [2.05, 4.69) is 190 Å². The zero-order valence-corrected chi connectivity index (χ0v) is 31.4. The Morgan fingerprint density at radius 2 is 1.18 bits per heavy atom. The Balaban J connectivity index is 1.01. The first-order chi connectivity index (χ1) is 27.0. The molecule has 55 heavy (non-hydrogen) atoms. The van der Waals surface area contributed by atoms with Crippen LogP contribution in [0.4, 0.5) is 0 Å². The molecule has 0 saturated heterocycles. The van der Waals surface area contributed by atoms with Gasteiger partial charge < -0.3 is 0 Å². The molecule has 0 heterocycles. The van der Waals surface area contributed by atoms with E-state index in [0.717, 1.165) is 19.3 Å². The molecule has 0 N–H and O–H groups in total. The molecule has 11 rings (SSSR count). The van der Waals surface area contributed by atoms with E-state index in [1.165, 1.54) is 105 Å². The molecule has 0 saturated carbocycles. The van der Waals surface area contributed by atoms with Gasteiger partial charge in [0, 0.05) is 5.41 Å². The minimum absolute atomic E-state index is 0.201. The van der Waals surface area contributed by atoms with Gasteiger partial charge in [-0.2, -0.15) is 0 Å². The summed E-state index contributed by atoms with van der Waals surface area (Å²) in [7, 11) is 0. The summed E-state index contributed by atoms with van der Waals surface area (Å²) in [6.07, 6.45) is 12.6. The van der Waals surface area contributed by atoms with Crippen molar-refractivity contribution >= 4 is 43.5 Å². The molecule has 0 amide bonds. The maximum atomic E-state index is 2.48. The fourth-order valence-corrected chi connectivity index (χ4v) is 10.3. The third-order valence-corrected chi connectivity index (χ3v) is 12.9. The molecule has 0 fully saturated rings. The normalized spacial score (nSPS) is 18.5. The molecule has 0 spiro atoms. The molecule has 2 unspecified atom stereocenters. The van der Waals surface area contributed by atoms with E-state index < -0.39 is 0 Å². The first kappa shape index (κ1) is 32.2. The van der Waals surface area contributed by atoms with Gasteiger partial charge in [-0.25, -0.2) is 0 Å². The Kier molecular flexibility index (Phi) is 7.26. The van der Waals surface area contributed by atoms with Crippen LogP contribution < -0.4 is 0 Å². The molecular weight excluding hydrogens is 661 g/mol. The van der Waals surface area contributed by atoms with Crippen LogP contribution in [0.5, 0.6) is 0 Å². The van der Waals surface area contributed by atoms with Crippen molar-refractivity contribution in [2.24, 2.45) is 0 Å². The second-order valence-corrected chi connectivity index (χ2v) is 16.3. The molecule has 0 radical (unpaired) electrons. The van der Waals surface area contributed by atoms with E-state index in [4.69, 9.17) is 0 Å². The molecule has 0 bridgehead atoms. The Hall–Kier alpha value is -6.24. The summed E-state index contributed by atoms with van der Waals surface area (Å²) in [5.74, 6) is 0.551. The van der Waals surface area contributed by atoms with Crippen molar-refractivity contribution in [3.05, 3.63) is 215 Å². The van der Waals surface area contributed by atoms with Crippen LogP contribution in [0.1, 0.15) is 71.6 Å². The van der Waals surface area contributed by atoms with Gasteiger partial charge in [0.05, 0.1) is 0 Å². The number of benzene rings is 8. The summed E-state index contributed by atoms with van der Waals surface area (Å²) in [6, 6.07) is 57.2. The topological polar surface area (TPSA) is 0 Å². The number of rotatable bonds is 4. The molecule has 8 aromatic rings. The smallest absolute Gasteiger partial charge is 0.0159 e. The first-order valence-corrected chi connectivity index (χ1v) is 19.9. The van der Waals surface area contributed by atoms with Crippen molar-refractivity contribution < 1.29 is 0 Å². The van der Waals surface area contributed by atoms with Gasteiger partial charge in [-0.05, 0) is 136 Å².